The monoisotopic (exact) mass is 325 g/mol. The Bertz CT molecular complexity index is 293. The van der Waals surface area contributed by atoms with E-state index in [0.29, 0.717) is 6.42 Å². The molecule has 0 spiro atoms. The van der Waals surface area contributed by atoms with E-state index in [0.717, 1.165) is 32.5 Å². The second-order valence-corrected chi connectivity index (χ2v) is 7.08. The number of likely N-dealkylation sites (N-methyl/N-ethyl adjacent to an activating group) is 1. The minimum atomic E-state index is 0.0175. The van der Waals surface area contributed by atoms with Crippen molar-refractivity contribution in [2.24, 2.45) is 0 Å². The number of unbranched alkanes of at least 4 members (excludes halogenated alkanes) is 10. The molecule has 1 rings (SSSR count). The molecule has 23 heavy (non-hydrogen) atoms. The maximum absolute atomic E-state index is 11.8. The van der Waals surface area contributed by atoms with Crippen LogP contribution in [0.3, 0.4) is 0 Å². The fourth-order valence-electron chi connectivity index (χ4n) is 3.36. The molecule has 0 aliphatic carbocycles. The van der Waals surface area contributed by atoms with E-state index in [1.165, 1.54) is 64.2 Å². The topological polar surface area (TPSA) is 29.5 Å². The molecular weight excluding hydrogens is 286 g/mol. The number of esters is 1. The van der Waals surface area contributed by atoms with Crippen molar-refractivity contribution in [2.45, 2.75) is 103 Å². The number of hydrogen-bond donors (Lipinski definition) is 0. The van der Waals surface area contributed by atoms with Gasteiger partial charge < -0.3 is 4.74 Å². The van der Waals surface area contributed by atoms with Crippen LogP contribution < -0.4 is 0 Å². The summed E-state index contributed by atoms with van der Waals surface area (Å²) in [4.78, 5) is 14.2. The summed E-state index contributed by atoms with van der Waals surface area (Å²) in [6.07, 6.45) is 16.3. The molecule has 0 bridgehead atoms. The van der Waals surface area contributed by atoms with E-state index in [1.54, 1.807) is 0 Å². The SMILES string of the molecule is CCCCCCCCCCCCCC(=O)OC1CCN(CC)C1. The highest BCUT2D eigenvalue weighted by atomic mass is 16.5. The minimum absolute atomic E-state index is 0.0175. The smallest absolute Gasteiger partial charge is 0.306 e. The van der Waals surface area contributed by atoms with E-state index in [4.69, 9.17) is 4.74 Å². The van der Waals surface area contributed by atoms with Crippen molar-refractivity contribution < 1.29 is 9.53 Å². The van der Waals surface area contributed by atoms with Gasteiger partial charge in [0.05, 0.1) is 0 Å². The highest BCUT2D eigenvalue weighted by molar-refractivity contribution is 5.69. The zero-order valence-corrected chi connectivity index (χ0v) is 15.7. The number of hydrogen-bond acceptors (Lipinski definition) is 3. The summed E-state index contributed by atoms with van der Waals surface area (Å²) in [5.74, 6) is 0.0175. The number of carbonyl (C=O) groups is 1. The number of likely N-dealkylation sites (tertiary alicyclic amines) is 1. The van der Waals surface area contributed by atoms with Crippen LogP contribution >= 0.6 is 0 Å². The quantitative estimate of drug-likeness (QED) is 0.319. The molecule has 0 radical (unpaired) electrons. The summed E-state index contributed by atoms with van der Waals surface area (Å²) < 4.78 is 5.55. The zero-order chi connectivity index (χ0) is 16.8. The summed E-state index contributed by atoms with van der Waals surface area (Å²) in [6.45, 7) is 7.50. The summed E-state index contributed by atoms with van der Waals surface area (Å²) in [5, 5.41) is 0. The van der Waals surface area contributed by atoms with Gasteiger partial charge in [-0.3, -0.25) is 9.69 Å². The third-order valence-electron chi connectivity index (χ3n) is 4.96. The molecule has 1 unspecified atom stereocenters. The van der Waals surface area contributed by atoms with Gasteiger partial charge in [-0.1, -0.05) is 78.1 Å². The van der Waals surface area contributed by atoms with E-state index >= 15 is 0 Å². The average Bonchev–Trinajstić information content (AvgIpc) is 3.00. The molecule has 0 aromatic carbocycles. The van der Waals surface area contributed by atoms with Crippen molar-refractivity contribution in [2.75, 3.05) is 19.6 Å². The second-order valence-electron chi connectivity index (χ2n) is 7.08. The van der Waals surface area contributed by atoms with Crippen LogP contribution in [-0.4, -0.2) is 36.6 Å². The molecule has 0 aromatic rings. The maximum atomic E-state index is 11.8. The van der Waals surface area contributed by atoms with Gasteiger partial charge in [0.15, 0.2) is 0 Å². The van der Waals surface area contributed by atoms with E-state index in [1.807, 2.05) is 0 Å². The van der Waals surface area contributed by atoms with Gasteiger partial charge in [-0.15, -0.1) is 0 Å². The van der Waals surface area contributed by atoms with Crippen LogP contribution in [0.4, 0.5) is 0 Å². The summed E-state index contributed by atoms with van der Waals surface area (Å²) >= 11 is 0. The third-order valence-corrected chi connectivity index (χ3v) is 4.96. The maximum Gasteiger partial charge on any atom is 0.306 e. The standard InChI is InChI=1S/C20H39NO2/c1-3-5-6-7-8-9-10-11-12-13-14-15-20(22)23-19-16-17-21(4-2)18-19/h19H,3-18H2,1-2H3. The molecule has 1 atom stereocenters. The molecule has 0 N–H and O–H groups in total. The Kier molecular flexibility index (Phi) is 12.3. The molecule has 0 saturated carbocycles. The van der Waals surface area contributed by atoms with Crippen molar-refractivity contribution in [3.05, 3.63) is 0 Å². The van der Waals surface area contributed by atoms with Crippen LogP contribution in [0.1, 0.15) is 97.3 Å². The van der Waals surface area contributed by atoms with E-state index in [2.05, 4.69) is 18.7 Å². The van der Waals surface area contributed by atoms with Crippen LogP contribution in [0.2, 0.25) is 0 Å². The molecule has 1 aliphatic rings. The fourth-order valence-corrected chi connectivity index (χ4v) is 3.36. The van der Waals surface area contributed by atoms with Gasteiger partial charge in [-0.2, -0.15) is 0 Å². The Morgan fingerprint density at radius 3 is 2.00 bits per heavy atom. The van der Waals surface area contributed by atoms with Crippen LogP contribution in [0, 0.1) is 0 Å². The second kappa shape index (κ2) is 13.8. The van der Waals surface area contributed by atoms with Crippen LogP contribution in [-0.2, 0) is 9.53 Å². The first-order chi connectivity index (χ1) is 11.3. The largest absolute Gasteiger partial charge is 0.461 e. The molecule has 1 fully saturated rings. The molecule has 1 aliphatic heterocycles. The number of nitrogens with zero attached hydrogens (tertiary/aromatic N) is 1. The minimum Gasteiger partial charge on any atom is -0.461 e. The lowest BCUT2D eigenvalue weighted by atomic mass is 10.1. The first-order valence-corrected chi connectivity index (χ1v) is 10.2. The van der Waals surface area contributed by atoms with E-state index < -0.39 is 0 Å². The summed E-state index contributed by atoms with van der Waals surface area (Å²) in [7, 11) is 0. The molecule has 1 saturated heterocycles. The number of rotatable bonds is 14. The van der Waals surface area contributed by atoms with Gasteiger partial charge in [-0.05, 0) is 19.4 Å². The van der Waals surface area contributed by atoms with Crippen LogP contribution in [0.25, 0.3) is 0 Å². The Hall–Kier alpha value is -0.570. The Morgan fingerprint density at radius 1 is 0.913 bits per heavy atom. The highest BCUT2D eigenvalue weighted by Gasteiger charge is 2.23. The van der Waals surface area contributed by atoms with Gasteiger partial charge in [0.1, 0.15) is 6.10 Å². The first kappa shape index (κ1) is 20.5. The van der Waals surface area contributed by atoms with Crippen molar-refractivity contribution in [1.82, 2.24) is 4.90 Å². The number of ether oxygens (including phenoxy) is 1. The Balaban J connectivity index is 1.83. The molecular formula is C20H39NO2. The summed E-state index contributed by atoms with van der Waals surface area (Å²) in [6, 6.07) is 0. The zero-order valence-electron chi connectivity index (χ0n) is 15.7. The molecule has 1 heterocycles. The molecule has 3 heteroatoms. The van der Waals surface area contributed by atoms with Crippen molar-refractivity contribution >= 4 is 5.97 Å². The van der Waals surface area contributed by atoms with Gasteiger partial charge in [0.2, 0.25) is 0 Å². The summed E-state index contributed by atoms with van der Waals surface area (Å²) in [5.41, 5.74) is 0. The predicted molar refractivity (Wildman–Crippen MR) is 97.7 cm³/mol. The normalized spacial score (nSPS) is 18.4. The molecule has 136 valence electrons. The highest BCUT2D eigenvalue weighted by Crippen LogP contribution is 2.15. The Labute approximate surface area is 144 Å². The predicted octanol–water partition coefficient (Wildman–Crippen LogP) is 5.32. The van der Waals surface area contributed by atoms with E-state index in [9.17, 15) is 4.79 Å². The molecule has 0 amide bonds. The first-order valence-electron chi connectivity index (χ1n) is 10.2. The van der Waals surface area contributed by atoms with Crippen molar-refractivity contribution in [3.63, 3.8) is 0 Å². The lowest BCUT2D eigenvalue weighted by Gasteiger charge is -2.13. The van der Waals surface area contributed by atoms with Crippen molar-refractivity contribution in [3.8, 4) is 0 Å². The van der Waals surface area contributed by atoms with Gasteiger partial charge in [0, 0.05) is 19.5 Å². The van der Waals surface area contributed by atoms with Gasteiger partial charge in [0.25, 0.3) is 0 Å². The van der Waals surface area contributed by atoms with Crippen LogP contribution in [0.15, 0.2) is 0 Å². The third kappa shape index (κ3) is 10.8. The van der Waals surface area contributed by atoms with Crippen LogP contribution in [0.5, 0.6) is 0 Å². The number of carbonyl (C=O) groups excluding carboxylic acids is 1. The Morgan fingerprint density at radius 2 is 1.48 bits per heavy atom. The fraction of sp³-hybridized carbons (Fsp3) is 0.950. The average molecular weight is 326 g/mol. The molecule has 0 aromatic heterocycles. The van der Waals surface area contributed by atoms with Gasteiger partial charge >= 0.3 is 5.97 Å². The van der Waals surface area contributed by atoms with Crippen molar-refractivity contribution in [1.29, 1.82) is 0 Å². The lowest BCUT2D eigenvalue weighted by molar-refractivity contribution is -0.148. The molecule has 3 nitrogen and oxygen atoms in total. The van der Waals surface area contributed by atoms with Gasteiger partial charge in [-0.25, -0.2) is 0 Å². The lowest BCUT2D eigenvalue weighted by Crippen LogP contribution is -2.24. The van der Waals surface area contributed by atoms with E-state index in [-0.39, 0.29) is 12.1 Å².